The molecule has 35 heavy (non-hydrogen) atoms. The fourth-order valence-corrected chi connectivity index (χ4v) is 3.49. The molecule has 3 aromatic heterocycles. The molecular formula is C22H14ClF6N5O. The summed E-state index contributed by atoms with van der Waals surface area (Å²) in [5.74, 6) is -0.611. The number of nitrogens with one attached hydrogen (secondary N) is 1. The van der Waals surface area contributed by atoms with Gasteiger partial charge in [-0.15, -0.1) is 0 Å². The van der Waals surface area contributed by atoms with Crippen LogP contribution >= 0.6 is 11.6 Å². The molecule has 4 rings (SSSR count). The number of amides is 1. The van der Waals surface area contributed by atoms with Crippen LogP contribution in [0.2, 0.25) is 5.02 Å². The number of alkyl halides is 6. The monoisotopic (exact) mass is 513 g/mol. The third-order valence-corrected chi connectivity index (χ3v) is 5.19. The zero-order chi connectivity index (χ0) is 25.5. The van der Waals surface area contributed by atoms with Crippen LogP contribution in [0.1, 0.15) is 40.3 Å². The van der Waals surface area contributed by atoms with E-state index in [1.54, 1.807) is 24.3 Å². The lowest BCUT2D eigenvalue weighted by atomic mass is 10.0. The summed E-state index contributed by atoms with van der Waals surface area (Å²) in [5.41, 5.74) is -3.18. The summed E-state index contributed by atoms with van der Waals surface area (Å²) >= 11 is 5.90. The quantitative estimate of drug-likeness (QED) is 0.340. The lowest BCUT2D eigenvalue weighted by Gasteiger charge is -2.17. The zero-order valence-electron chi connectivity index (χ0n) is 17.6. The fraction of sp³-hybridized carbons (Fsp3) is 0.182. The minimum atomic E-state index is -5.08. The lowest BCUT2D eigenvalue weighted by Crippen LogP contribution is -2.29. The number of carbonyl (C=O) groups is 1. The van der Waals surface area contributed by atoms with Gasteiger partial charge in [0.15, 0.2) is 5.65 Å². The van der Waals surface area contributed by atoms with E-state index >= 15 is 0 Å². The lowest BCUT2D eigenvalue weighted by molar-refractivity contribution is -0.143. The van der Waals surface area contributed by atoms with E-state index in [9.17, 15) is 31.1 Å². The fourth-order valence-electron chi connectivity index (χ4n) is 3.38. The number of hydrogen-bond acceptors (Lipinski definition) is 4. The predicted octanol–water partition coefficient (Wildman–Crippen LogP) is 6.00. The van der Waals surface area contributed by atoms with Crippen molar-refractivity contribution >= 4 is 28.7 Å². The second-order valence-electron chi connectivity index (χ2n) is 7.48. The van der Waals surface area contributed by atoms with E-state index in [0.29, 0.717) is 34.1 Å². The number of nitrogens with zero attached hydrogens (tertiary/aromatic N) is 4. The molecule has 0 bridgehead atoms. The van der Waals surface area contributed by atoms with Crippen molar-refractivity contribution in [2.75, 3.05) is 0 Å². The minimum Gasteiger partial charge on any atom is -0.342 e. The van der Waals surface area contributed by atoms with Crippen LogP contribution in [0.15, 0.2) is 54.9 Å². The van der Waals surface area contributed by atoms with Gasteiger partial charge in [0.1, 0.15) is 17.2 Å². The molecule has 0 aliphatic heterocycles. The van der Waals surface area contributed by atoms with Gasteiger partial charge in [0.2, 0.25) is 0 Å². The molecule has 1 N–H and O–H groups in total. The Morgan fingerprint density at radius 3 is 2.23 bits per heavy atom. The summed E-state index contributed by atoms with van der Waals surface area (Å²) in [5, 5.41) is 2.77. The number of halogens is 7. The van der Waals surface area contributed by atoms with Gasteiger partial charge in [-0.05, 0) is 49.4 Å². The van der Waals surface area contributed by atoms with Crippen molar-refractivity contribution in [1.29, 1.82) is 0 Å². The van der Waals surface area contributed by atoms with E-state index in [-0.39, 0.29) is 11.9 Å². The van der Waals surface area contributed by atoms with Crippen molar-refractivity contribution in [2.45, 2.75) is 25.3 Å². The van der Waals surface area contributed by atoms with Gasteiger partial charge in [0.05, 0.1) is 22.2 Å². The Labute approximate surface area is 198 Å². The van der Waals surface area contributed by atoms with Crippen molar-refractivity contribution in [3.05, 3.63) is 82.4 Å². The summed E-state index contributed by atoms with van der Waals surface area (Å²) in [4.78, 5) is 25.7. The van der Waals surface area contributed by atoms with Crippen LogP contribution in [0.3, 0.4) is 0 Å². The predicted molar refractivity (Wildman–Crippen MR) is 114 cm³/mol. The maximum absolute atomic E-state index is 13.2. The molecule has 1 amide bonds. The molecule has 0 fully saturated rings. The van der Waals surface area contributed by atoms with Crippen LogP contribution in [-0.4, -0.2) is 25.4 Å². The van der Waals surface area contributed by atoms with Crippen molar-refractivity contribution in [3.63, 3.8) is 0 Å². The van der Waals surface area contributed by atoms with E-state index in [1.165, 1.54) is 23.9 Å². The molecule has 4 aromatic rings. The van der Waals surface area contributed by atoms with Crippen LogP contribution in [0, 0.1) is 0 Å². The number of fused-ring (bicyclic) bond motifs is 1. The molecular weight excluding hydrogens is 500 g/mol. The summed E-state index contributed by atoms with van der Waals surface area (Å²) in [7, 11) is 0. The second-order valence-corrected chi connectivity index (χ2v) is 7.91. The Morgan fingerprint density at radius 2 is 1.66 bits per heavy atom. The maximum atomic E-state index is 13.2. The Balaban J connectivity index is 1.74. The highest BCUT2D eigenvalue weighted by Crippen LogP contribution is 2.36. The summed E-state index contributed by atoms with van der Waals surface area (Å²) in [6.45, 7) is 1.48. The molecule has 0 aliphatic rings. The Hall–Kier alpha value is -3.67. The number of carbonyl (C=O) groups excluding carboxylic acids is 1. The number of imidazole rings is 1. The number of aromatic nitrogens is 4. The topological polar surface area (TPSA) is 72.7 Å². The van der Waals surface area contributed by atoms with Gasteiger partial charge in [-0.2, -0.15) is 26.3 Å². The van der Waals surface area contributed by atoms with E-state index in [2.05, 4.69) is 20.3 Å². The van der Waals surface area contributed by atoms with Crippen molar-refractivity contribution in [3.8, 4) is 5.82 Å². The average Bonchev–Trinajstić information content (AvgIpc) is 3.18. The molecule has 1 atom stereocenters. The standard InChI is InChI=1S/C22H14ClF6N5O/c1-11(32-20(35)12-7-13(21(24,25)26)9-14(8-12)22(27,28)29)18-33-16-3-2-6-30-19(16)34(18)17-5-4-15(23)10-31-17/h2-11H,1H3,(H,32,35). The van der Waals surface area contributed by atoms with Crippen molar-refractivity contribution in [2.24, 2.45) is 0 Å². The maximum Gasteiger partial charge on any atom is 0.416 e. The number of rotatable bonds is 4. The number of benzene rings is 1. The second kappa shape index (κ2) is 8.84. The molecule has 0 saturated carbocycles. The van der Waals surface area contributed by atoms with Gasteiger partial charge in [-0.25, -0.2) is 15.0 Å². The SMILES string of the molecule is CC(NC(=O)c1cc(C(F)(F)F)cc(C(F)(F)F)c1)c1nc2cccnc2n1-c1ccc(Cl)cn1. The van der Waals surface area contributed by atoms with Gasteiger partial charge in [-0.1, -0.05) is 11.6 Å². The highest BCUT2D eigenvalue weighted by atomic mass is 35.5. The van der Waals surface area contributed by atoms with Gasteiger partial charge < -0.3 is 5.32 Å². The molecule has 1 aromatic carbocycles. The smallest absolute Gasteiger partial charge is 0.342 e. The molecule has 6 nitrogen and oxygen atoms in total. The first-order chi connectivity index (χ1) is 16.3. The highest BCUT2D eigenvalue weighted by Gasteiger charge is 2.37. The normalized spacial score (nSPS) is 13.1. The van der Waals surface area contributed by atoms with E-state index in [4.69, 9.17) is 11.6 Å². The Kier molecular flexibility index (Phi) is 6.18. The molecule has 1 unspecified atom stereocenters. The van der Waals surface area contributed by atoms with Crippen LogP contribution < -0.4 is 5.32 Å². The molecule has 0 radical (unpaired) electrons. The molecule has 0 spiro atoms. The van der Waals surface area contributed by atoms with Crippen LogP contribution in [0.25, 0.3) is 17.0 Å². The minimum absolute atomic E-state index is 0.0441. The first-order valence-electron chi connectivity index (χ1n) is 9.90. The van der Waals surface area contributed by atoms with Gasteiger partial charge in [-0.3, -0.25) is 9.36 Å². The molecule has 3 heterocycles. The molecule has 13 heteroatoms. The van der Waals surface area contributed by atoms with Crippen LogP contribution in [0.5, 0.6) is 0 Å². The summed E-state index contributed by atoms with van der Waals surface area (Å²) in [6.07, 6.45) is -7.28. The first kappa shape index (κ1) is 24.5. The highest BCUT2D eigenvalue weighted by molar-refractivity contribution is 6.30. The molecule has 182 valence electrons. The summed E-state index contributed by atoms with van der Waals surface area (Å²) < 4.78 is 80.6. The Morgan fingerprint density at radius 1 is 1.00 bits per heavy atom. The average molecular weight is 514 g/mol. The number of pyridine rings is 2. The van der Waals surface area contributed by atoms with Crippen molar-refractivity contribution in [1.82, 2.24) is 24.8 Å². The molecule has 0 saturated heterocycles. The van der Waals surface area contributed by atoms with Crippen LogP contribution in [-0.2, 0) is 12.4 Å². The van der Waals surface area contributed by atoms with Gasteiger partial charge >= 0.3 is 12.4 Å². The number of hydrogen-bond donors (Lipinski definition) is 1. The molecule has 0 aliphatic carbocycles. The van der Waals surface area contributed by atoms with E-state index < -0.39 is 41.0 Å². The van der Waals surface area contributed by atoms with Gasteiger partial charge in [0, 0.05) is 18.0 Å². The van der Waals surface area contributed by atoms with E-state index in [0.717, 1.165) is 0 Å². The van der Waals surface area contributed by atoms with E-state index in [1.807, 2.05) is 0 Å². The van der Waals surface area contributed by atoms with Crippen molar-refractivity contribution < 1.29 is 31.1 Å². The Bertz CT molecular complexity index is 1370. The third-order valence-electron chi connectivity index (χ3n) is 4.97. The first-order valence-corrected chi connectivity index (χ1v) is 10.3. The van der Waals surface area contributed by atoms with Gasteiger partial charge in [0.25, 0.3) is 5.91 Å². The van der Waals surface area contributed by atoms with Crippen LogP contribution in [0.4, 0.5) is 26.3 Å². The zero-order valence-corrected chi connectivity index (χ0v) is 18.4. The largest absolute Gasteiger partial charge is 0.416 e. The summed E-state index contributed by atoms with van der Waals surface area (Å²) in [6, 6.07) is 6.13. The third kappa shape index (κ3) is 5.06.